The summed E-state index contributed by atoms with van der Waals surface area (Å²) in [4.78, 5) is 53.2. The molecule has 0 fully saturated rings. The molecule has 256 valence electrons. The fourth-order valence-electron chi connectivity index (χ4n) is 5.79. The zero-order chi connectivity index (χ0) is 36.0. The number of aromatic amines is 1. The van der Waals surface area contributed by atoms with Gasteiger partial charge in [0.2, 0.25) is 11.8 Å². The van der Waals surface area contributed by atoms with Crippen molar-refractivity contribution in [1.29, 1.82) is 0 Å². The monoisotopic (exact) mass is 664 g/mol. The van der Waals surface area contributed by atoms with Gasteiger partial charge in [0.15, 0.2) is 5.69 Å². The number of carbonyl (C=O) groups excluding carboxylic acids is 3. The Morgan fingerprint density at radius 1 is 1.04 bits per heavy atom. The zero-order valence-electron chi connectivity index (χ0n) is 29.3. The van der Waals surface area contributed by atoms with Crippen LogP contribution < -0.4 is 15.8 Å². The molecule has 0 aliphatic carbocycles. The molecule has 0 bridgehead atoms. The van der Waals surface area contributed by atoms with Gasteiger partial charge in [0, 0.05) is 24.1 Å². The van der Waals surface area contributed by atoms with Crippen LogP contribution in [0.5, 0.6) is 5.75 Å². The quantitative estimate of drug-likeness (QED) is 0.149. The maximum atomic E-state index is 14.8. The molecule has 4 aromatic rings. The standard InChI is InChI=1S/C38H44N6O5/c1-22-17-27(34(39)45)18-23(2)29(22)19-31(43-37(47)49-38(5,6)7)36(46)44(21-26-14-15-33(48-9)24(3)16-26)25(4)35-41-20-32(42-35)28-12-10-11-13-30(28)40-8/h10-18,20,25,31H,19,21H2,1-7,9H3,(H2,39,45)(H,41,42)(H,43,47)/t25-,31-/m0/s1. The third-order valence-corrected chi connectivity index (χ3v) is 8.25. The number of nitrogens with zero attached hydrogens (tertiary/aromatic N) is 3. The van der Waals surface area contributed by atoms with E-state index in [4.69, 9.17) is 21.8 Å². The molecule has 3 aromatic carbocycles. The first-order valence-corrected chi connectivity index (χ1v) is 16.0. The molecule has 0 saturated carbocycles. The Morgan fingerprint density at radius 2 is 1.71 bits per heavy atom. The van der Waals surface area contributed by atoms with Gasteiger partial charge >= 0.3 is 6.09 Å². The largest absolute Gasteiger partial charge is 0.496 e. The molecule has 0 aliphatic rings. The summed E-state index contributed by atoms with van der Waals surface area (Å²) in [7, 11) is 1.60. The minimum atomic E-state index is -1.05. The second-order valence-corrected chi connectivity index (χ2v) is 13.1. The summed E-state index contributed by atoms with van der Waals surface area (Å²) in [5, 5.41) is 2.83. The number of primary amides is 1. The van der Waals surface area contributed by atoms with Gasteiger partial charge < -0.3 is 30.4 Å². The number of nitrogens with two attached hydrogens (primary N) is 1. The average Bonchev–Trinajstić information content (AvgIpc) is 3.53. The van der Waals surface area contributed by atoms with Crippen LogP contribution in [0.15, 0.2) is 60.8 Å². The Kier molecular flexibility index (Phi) is 11.1. The average molecular weight is 665 g/mol. The van der Waals surface area contributed by atoms with Gasteiger partial charge in [-0.1, -0.05) is 36.4 Å². The molecule has 3 amide bonds. The molecule has 11 heteroatoms. The molecule has 0 spiro atoms. The number of H-pyrrole nitrogens is 1. The third-order valence-electron chi connectivity index (χ3n) is 8.25. The van der Waals surface area contributed by atoms with Crippen molar-refractivity contribution in [2.45, 2.75) is 79.1 Å². The summed E-state index contributed by atoms with van der Waals surface area (Å²) in [5.74, 6) is 0.300. The first-order chi connectivity index (χ1) is 23.1. The number of ether oxygens (including phenoxy) is 2. The van der Waals surface area contributed by atoms with E-state index in [-0.39, 0.29) is 18.9 Å². The lowest BCUT2D eigenvalue weighted by molar-refractivity contribution is -0.136. The number of aryl methyl sites for hydroxylation is 3. The van der Waals surface area contributed by atoms with Crippen LogP contribution in [0.25, 0.3) is 16.1 Å². The Hall–Kier alpha value is -5.63. The van der Waals surface area contributed by atoms with E-state index in [0.29, 0.717) is 28.3 Å². The molecular weight excluding hydrogens is 620 g/mol. The number of methoxy groups -OCH3 is 1. The van der Waals surface area contributed by atoms with Crippen molar-refractivity contribution >= 4 is 23.6 Å². The van der Waals surface area contributed by atoms with Crippen molar-refractivity contribution in [2.24, 2.45) is 5.73 Å². The number of hydrogen-bond donors (Lipinski definition) is 3. The first kappa shape index (κ1) is 36.2. The molecule has 4 rings (SSSR count). The Bertz CT molecular complexity index is 1880. The molecule has 4 N–H and O–H groups in total. The van der Waals surface area contributed by atoms with Crippen LogP contribution in [0.1, 0.15) is 77.7 Å². The third kappa shape index (κ3) is 8.84. The van der Waals surface area contributed by atoms with E-state index in [1.807, 2.05) is 58.0 Å². The van der Waals surface area contributed by atoms with Gasteiger partial charge in [-0.3, -0.25) is 9.59 Å². The highest BCUT2D eigenvalue weighted by atomic mass is 16.6. The van der Waals surface area contributed by atoms with Crippen molar-refractivity contribution in [3.63, 3.8) is 0 Å². The lowest BCUT2D eigenvalue weighted by Crippen LogP contribution is -2.51. The van der Waals surface area contributed by atoms with Crippen molar-refractivity contribution in [3.05, 3.63) is 111 Å². The molecular formula is C38H44N6O5. The van der Waals surface area contributed by atoms with E-state index < -0.39 is 29.7 Å². The summed E-state index contributed by atoms with van der Waals surface area (Å²) in [6, 6.07) is 14.7. The molecule has 11 nitrogen and oxygen atoms in total. The van der Waals surface area contributed by atoms with Crippen LogP contribution in [-0.2, 0) is 22.5 Å². The van der Waals surface area contributed by atoms with Crippen LogP contribution >= 0.6 is 0 Å². The van der Waals surface area contributed by atoms with Gasteiger partial charge in [-0.25, -0.2) is 14.6 Å². The van der Waals surface area contributed by atoms with Gasteiger partial charge in [0.05, 0.1) is 31.6 Å². The fraction of sp³-hybridized carbons (Fsp3) is 0.342. The minimum absolute atomic E-state index is 0.126. The summed E-state index contributed by atoms with van der Waals surface area (Å²) in [6.45, 7) is 20.5. The highest BCUT2D eigenvalue weighted by Gasteiger charge is 2.33. The summed E-state index contributed by atoms with van der Waals surface area (Å²) < 4.78 is 11.0. The summed E-state index contributed by atoms with van der Waals surface area (Å²) in [6.07, 6.45) is 1.04. The van der Waals surface area contributed by atoms with E-state index in [1.165, 1.54) is 0 Å². The second kappa shape index (κ2) is 15.1. The maximum absolute atomic E-state index is 14.8. The summed E-state index contributed by atoms with van der Waals surface area (Å²) >= 11 is 0. The number of benzene rings is 3. The number of nitrogens with one attached hydrogen (secondary N) is 2. The van der Waals surface area contributed by atoms with Crippen molar-refractivity contribution in [3.8, 4) is 17.0 Å². The number of carbonyl (C=O) groups is 3. The van der Waals surface area contributed by atoms with Gasteiger partial charge in [0.1, 0.15) is 23.2 Å². The Balaban J connectivity index is 1.79. The number of hydrogen-bond acceptors (Lipinski definition) is 6. The van der Waals surface area contributed by atoms with Gasteiger partial charge in [0.25, 0.3) is 0 Å². The number of alkyl carbamates (subject to hydrolysis) is 1. The van der Waals surface area contributed by atoms with Crippen molar-refractivity contribution < 1.29 is 23.9 Å². The zero-order valence-corrected chi connectivity index (χ0v) is 29.3. The number of amides is 3. The Labute approximate surface area is 287 Å². The van der Waals surface area contributed by atoms with Crippen LogP contribution in [0.3, 0.4) is 0 Å². The fourth-order valence-corrected chi connectivity index (χ4v) is 5.79. The van der Waals surface area contributed by atoms with Gasteiger partial charge in [-0.2, -0.15) is 0 Å². The lowest BCUT2D eigenvalue weighted by Gasteiger charge is -2.33. The van der Waals surface area contributed by atoms with Crippen LogP contribution in [0, 0.1) is 27.3 Å². The van der Waals surface area contributed by atoms with E-state index >= 15 is 0 Å². The molecule has 0 saturated heterocycles. The number of para-hydroxylation sites is 1. The highest BCUT2D eigenvalue weighted by molar-refractivity contribution is 5.93. The van der Waals surface area contributed by atoms with Crippen molar-refractivity contribution in [2.75, 3.05) is 7.11 Å². The molecule has 1 aromatic heterocycles. The predicted octanol–water partition coefficient (Wildman–Crippen LogP) is 6.89. The smallest absolute Gasteiger partial charge is 0.408 e. The van der Waals surface area contributed by atoms with E-state index in [2.05, 4.69) is 20.1 Å². The molecule has 0 unspecified atom stereocenters. The second-order valence-electron chi connectivity index (χ2n) is 13.1. The summed E-state index contributed by atoms with van der Waals surface area (Å²) in [5.41, 5.74) is 11.0. The van der Waals surface area contributed by atoms with E-state index in [0.717, 1.165) is 33.6 Å². The first-order valence-electron chi connectivity index (χ1n) is 16.0. The normalized spacial score (nSPS) is 12.4. The van der Waals surface area contributed by atoms with E-state index in [9.17, 15) is 14.4 Å². The van der Waals surface area contributed by atoms with Crippen LogP contribution in [0.4, 0.5) is 10.5 Å². The SMILES string of the molecule is [C-]#[N+]c1ccccc1-c1cnc([C@H](C)N(Cc2ccc(OC)c(C)c2)C(=O)[C@H](Cc2c(C)cc(C(N)=O)cc2C)NC(=O)OC(C)(C)C)[nH]1. The van der Waals surface area contributed by atoms with Gasteiger partial charge in [-0.05, 0) is 94.5 Å². The minimum Gasteiger partial charge on any atom is -0.496 e. The van der Waals surface area contributed by atoms with Crippen molar-refractivity contribution in [1.82, 2.24) is 20.2 Å². The lowest BCUT2D eigenvalue weighted by atomic mass is 9.93. The molecule has 49 heavy (non-hydrogen) atoms. The van der Waals surface area contributed by atoms with E-state index in [1.54, 1.807) is 63.2 Å². The number of rotatable bonds is 11. The van der Waals surface area contributed by atoms with Gasteiger partial charge in [-0.15, -0.1) is 0 Å². The molecule has 0 radical (unpaired) electrons. The highest BCUT2D eigenvalue weighted by Crippen LogP contribution is 2.31. The molecule has 2 atom stereocenters. The number of aromatic nitrogens is 2. The Morgan fingerprint density at radius 3 is 2.31 bits per heavy atom. The maximum Gasteiger partial charge on any atom is 0.408 e. The number of imidazole rings is 1. The van der Waals surface area contributed by atoms with Crippen LogP contribution in [0.2, 0.25) is 0 Å². The molecule has 0 aliphatic heterocycles. The molecule has 1 heterocycles. The topological polar surface area (TPSA) is 144 Å². The predicted molar refractivity (Wildman–Crippen MR) is 188 cm³/mol. The van der Waals surface area contributed by atoms with Crippen LogP contribution in [-0.4, -0.2) is 51.5 Å².